The van der Waals surface area contributed by atoms with Crippen LogP contribution in [0, 0.1) is 0 Å². The zero-order valence-corrected chi connectivity index (χ0v) is 10.5. The van der Waals surface area contributed by atoms with Gasteiger partial charge >= 0.3 is 12.0 Å². The fourth-order valence-corrected chi connectivity index (χ4v) is 2.46. The third kappa shape index (κ3) is 3.59. The lowest BCUT2D eigenvalue weighted by molar-refractivity contribution is -0.138. The summed E-state index contributed by atoms with van der Waals surface area (Å²) in [7, 11) is 0. The first-order valence-corrected chi connectivity index (χ1v) is 6.53. The van der Waals surface area contributed by atoms with Crippen molar-refractivity contribution in [1.29, 1.82) is 0 Å². The summed E-state index contributed by atoms with van der Waals surface area (Å²) < 4.78 is 0. The number of thioether (sulfide) groups is 1. The van der Waals surface area contributed by atoms with Crippen LogP contribution in [0.25, 0.3) is 0 Å². The Morgan fingerprint density at radius 1 is 1.38 bits per heavy atom. The largest absolute Gasteiger partial charge is 0.480 e. The van der Waals surface area contributed by atoms with Gasteiger partial charge in [-0.15, -0.1) is 0 Å². The van der Waals surface area contributed by atoms with Gasteiger partial charge in [0.15, 0.2) is 0 Å². The van der Waals surface area contributed by atoms with Gasteiger partial charge in [0.05, 0.1) is 0 Å². The van der Waals surface area contributed by atoms with Crippen LogP contribution in [0.4, 0.5) is 4.79 Å². The zero-order valence-electron chi connectivity index (χ0n) is 9.68. The Balaban J connectivity index is 2.61. The van der Waals surface area contributed by atoms with Gasteiger partial charge in [-0.05, 0) is 13.8 Å². The van der Waals surface area contributed by atoms with E-state index in [1.54, 1.807) is 4.90 Å². The molecule has 1 aliphatic rings. The smallest absolute Gasteiger partial charge is 0.323 e. The van der Waals surface area contributed by atoms with Crippen LogP contribution in [0.1, 0.15) is 13.8 Å². The Morgan fingerprint density at radius 2 is 1.94 bits per heavy atom. The van der Waals surface area contributed by atoms with Crippen molar-refractivity contribution in [2.75, 3.05) is 31.1 Å². The molecule has 1 rings (SSSR count). The molecule has 0 aromatic carbocycles. The van der Waals surface area contributed by atoms with Crippen LogP contribution >= 0.6 is 11.8 Å². The fraction of sp³-hybridized carbons (Fsp3) is 0.800. The average molecular weight is 246 g/mol. The van der Waals surface area contributed by atoms with Crippen molar-refractivity contribution >= 4 is 23.8 Å². The second-order valence-corrected chi connectivity index (χ2v) is 5.22. The van der Waals surface area contributed by atoms with E-state index in [9.17, 15) is 9.59 Å². The van der Waals surface area contributed by atoms with Gasteiger partial charge in [0.2, 0.25) is 0 Å². The van der Waals surface area contributed by atoms with E-state index in [1.807, 2.05) is 25.6 Å². The fourth-order valence-electron chi connectivity index (χ4n) is 1.55. The SMILES string of the molecule is CC(C)N(CC(=O)O)C(=O)N1CCSCC1. The predicted octanol–water partition coefficient (Wildman–Crippen LogP) is 0.950. The van der Waals surface area contributed by atoms with E-state index < -0.39 is 5.97 Å². The highest BCUT2D eigenvalue weighted by Crippen LogP contribution is 2.12. The summed E-state index contributed by atoms with van der Waals surface area (Å²) in [5, 5.41) is 8.76. The maximum absolute atomic E-state index is 12.1. The van der Waals surface area contributed by atoms with E-state index >= 15 is 0 Å². The number of amides is 2. The number of carboxylic acids is 1. The molecule has 1 saturated heterocycles. The Kier molecular flexibility index (Phi) is 4.92. The van der Waals surface area contributed by atoms with Gasteiger partial charge in [-0.3, -0.25) is 4.79 Å². The third-order valence-corrected chi connectivity index (χ3v) is 3.40. The normalized spacial score (nSPS) is 16.3. The van der Waals surface area contributed by atoms with Crippen LogP contribution in [0.15, 0.2) is 0 Å². The van der Waals surface area contributed by atoms with Crippen molar-refractivity contribution in [3.63, 3.8) is 0 Å². The first-order chi connectivity index (χ1) is 7.52. The summed E-state index contributed by atoms with van der Waals surface area (Å²) in [6.45, 7) is 4.87. The van der Waals surface area contributed by atoms with Gasteiger partial charge in [-0.1, -0.05) is 0 Å². The van der Waals surface area contributed by atoms with E-state index in [4.69, 9.17) is 5.11 Å². The van der Waals surface area contributed by atoms with Crippen molar-refractivity contribution < 1.29 is 14.7 Å². The molecule has 16 heavy (non-hydrogen) atoms. The average Bonchev–Trinajstić information content (AvgIpc) is 2.25. The van der Waals surface area contributed by atoms with E-state index in [0.717, 1.165) is 11.5 Å². The van der Waals surface area contributed by atoms with Gasteiger partial charge in [-0.25, -0.2) is 4.79 Å². The maximum Gasteiger partial charge on any atom is 0.323 e. The Bertz CT molecular complexity index is 265. The lowest BCUT2D eigenvalue weighted by Crippen LogP contribution is -2.50. The summed E-state index contributed by atoms with van der Waals surface area (Å²) in [6.07, 6.45) is 0. The second-order valence-electron chi connectivity index (χ2n) is 4.00. The van der Waals surface area contributed by atoms with Crippen LogP contribution in [0.5, 0.6) is 0 Å². The van der Waals surface area contributed by atoms with E-state index in [2.05, 4.69) is 0 Å². The number of rotatable bonds is 3. The molecule has 5 nitrogen and oxygen atoms in total. The monoisotopic (exact) mass is 246 g/mol. The number of carboxylic acid groups (broad SMARTS) is 1. The molecule has 0 atom stereocenters. The minimum Gasteiger partial charge on any atom is -0.480 e. The quantitative estimate of drug-likeness (QED) is 0.805. The van der Waals surface area contributed by atoms with Crippen LogP contribution in [0.2, 0.25) is 0 Å². The van der Waals surface area contributed by atoms with Gasteiger partial charge in [-0.2, -0.15) is 11.8 Å². The number of carbonyl (C=O) groups excluding carboxylic acids is 1. The number of nitrogens with zero attached hydrogens (tertiary/aromatic N) is 2. The van der Waals surface area contributed by atoms with Gasteiger partial charge in [0.1, 0.15) is 6.54 Å². The molecule has 0 aromatic rings. The summed E-state index contributed by atoms with van der Waals surface area (Å²) >= 11 is 1.82. The number of carbonyl (C=O) groups is 2. The van der Waals surface area contributed by atoms with Crippen LogP contribution in [-0.4, -0.2) is 64.1 Å². The summed E-state index contributed by atoms with van der Waals surface area (Å²) in [5.41, 5.74) is 0. The molecule has 6 heteroatoms. The first kappa shape index (κ1) is 13.2. The molecule has 1 heterocycles. The lowest BCUT2D eigenvalue weighted by Gasteiger charge is -2.34. The molecule has 0 aromatic heterocycles. The molecule has 0 bridgehead atoms. The van der Waals surface area contributed by atoms with Crippen LogP contribution < -0.4 is 0 Å². The molecule has 92 valence electrons. The van der Waals surface area contributed by atoms with Crippen LogP contribution in [0.3, 0.4) is 0 Å². The van der Waals surface area contributed by atoms with Gasteiger partial charge in [0.25, 0.3) is 0 Å². The number of hydrogen-bond acceptors (Lipinski definition) is 3. The van der Waals surface area contributed by atoms with Crippen LogP contribution in [-0.2, 0) is 4.79 Å². The topological polar surface area (TPSA) is 60.9 Å². The second kappa shape index (κ2) is 5.98. The molecular weight excluding hydrogens is 228 g/mol. The molecule has 1 N–H and O–H groups in total. The highest BCUT2D eigenvalue weighted by Gasteiger charge is 2.26. The van der Waals surface area contributed by atoms with E-state index in [-0.39, 0.29) is 18.6 Å². The van der Waals surface area contributed by atoms with Gasteiger partial charge < -0.3 is 14.9 Å². The van der Waals surface area contributed by atoms with E-state index in [1.165, 1.54) is 4.90 Å². The summed E-state index contributed by atoms with van der Waals surface area (Å²) in [4.78, 5) is 25.9. The third-order valence-electron chi connectivity index (χ3n) is 2.46. The maximum atomic E-state index is 12.1. The highest BCUT2D eigenvalue weighted by molar-refractivity contribution is 7.99. The van der Waals surface area contributed by atoms with Crippen molar-refractivity contribution in [2.24, 2.45) is 0 Å². The molecular formula is C10H18N2O3S. The predicted molar refractivity (Wildman–Crippen MR) is 63.8 cm³/mol. The molecule has 1 fully saturated rings. The number of aliphatic carboxylic acids is 1. The van der Waals surface area contributed by atoms with Gasteiger partial charge in [0, 0.05) is 30.6 Å². The van der Waals surface area contributed by atoms with Crippen molar-refractivity contribution in [2.45, 2.75) is 19.9 Å². The molecule has 0 aliphatic carbocycles. The van der Waals surface area contributed by atoms with Crippen molar-refractivity contribution in [3.05, 3.63) is 0 Å². The zero-order chi connectivity index (χ0) is 12.1. The molecule has 0 spiro atoms. The number of urea groups is 1. The molecule has 0 saturated carbocycles. The highest BCUT2D eigenvalue weighted by atomic mass is 32.2. The van der Waals surface area contributed by atoms with E-state index in [0.29, 0.717) is 13.1 Å². The Morgan fingerprint density at radius 3 is 2.38 bits per heavy atom. The first-order valence-electron chi connectivity index (χ1n) is 5.37. The van der Waals surface area contributed by atoms with Crippen molar-refractivity contribution in [3.8, 4) is 0 Å². The minimum atomic E-state index is -0.964. The Hall–Kier alpha value is -0.910. The molecule has 0 unspecified atom stereocenters. The molecule has 1 aliphatic heterocycles. The summed E-state index contributed by atoms with van der Waals surface area (Å²) in [6, 6.07) is -0.240. The minimum absolute atomic E-state index is 0.0850. The van der Waals surface area contributed by atoms with Crippen molar-refractivity contribution in [1.82, 2.24) is 9.80 Å². The number of hydrogen-bond donors (Lipinski definition) is 1. The standard InChI is InChI=1S/C10H18N2O3S/c1-8(2)12(7-9(13)14)10(15)11-3-5-16-6-4-11/h8H,3-7H2,1-2H3,(H,13,14). The summed E-state index contributed by atoms with van der Waals surface area (Å²) in [5.74, 6) is 0.906. The molecule has 2 amide bonds. The Labute approximate surface area is 99.8 Å². The lowest BCUT2D eigenvalue weighted by atomic mass is 10.3. The molecule has 0 radical (unpaired) electrons.